The van der Waals surface area contributed by atoms with Crippen LogP contribution in [0.25, 0.3) is 11.0 Å². The van der Waals surface area contributed by atoms with Gasteiger partial charge in [0.15, 0.2) is 0 Å². The number of carbonyl (C=O) groups is 1. The first-order valence-corrected chi connectivity index (χ1v) is 8.91. The van der Waals surface area contributed by atoms with Crippen molar-refractivity contribution < 1.29 is 9.90 Å². The predicted octanol–water partition coefficient (Wildman–Crippen LogP) is 3.97. The summed E-state index contributed by atoms with van der Waals surface area (Å²) >= 11 is 6.46. The van der Waals surface area contributed by atoms with E-state index in [0.29, 0.717) is 22.9 Å². The van der Waals surface area contributed by atoms with Crippen molar-refractivity contribution in [2.24, 2.45) is 0 Å². The molecule has 3 aromatic rings. The van der Waals surface area contributed by atoms with Gasteiger partial charge in [0, 0.05) is 25.8 Å². The Labute approximate surface area is 161 Å². The lowest BCUT2D eigenvalue weighted by atomic mass is 10.2. The van der Waals surface area contributed by atoms with Gasteiger partial charge in [-0.15, -0.1) is 0 Å². The van der Waals surface area contributed by atoms with E-state index in [0.717, 1.165) is 5.56 Å². The zero-order chi connectivity index (χ0) is 19.7. The standard InChI is InChI=1S/C20H20ClN3O3/c1-12(2)24-11-14(20(26)27)18(25)17-16(24)9-15(21)19(22-17)23(3)10-13-7-5-4-6-8-13/h4-9,11-12H,10H2,1-3H3,(H,26,27). The summed E-state index contributed by atoms with van der Waals surface area (Å²) in [6.45, 7) is 4.36. The molecule has 0 aliphatic carbocycles. The molecule has 0 saturated heterocycles. The van der Waals surface area contributed by atoms with Gasteiger partial charge < -0.3 is 14.6 Å². The first kappa shape index (κ1) is 18.9. The molecule has 0 aliphatic heterocycles. The van der Waals surface area contributed by atoms with Gasteiger partial charge in [-0.25, -0.2) is 9.78 Å². The Morgan fingerprint density at radius 3 is 2.56 bits per heavy atom. The maximum absolute atomic E-state index is 12.7. The predicted molar refractivity (Wildman–Crippen MR) is 107 cm³/mol. The quantitative estimate of drug-likeness (QED) is 0.719. The van der Waals surface area contributed by atoms with Crippen LogP contribution in [0.15, 0.2) is 47.4 Å². The van der Waals surface area contributed by atoms with Crippen molar-refractivity contribution in [3.63, 3.8) is 0 Å². The summed E-state index contributed by atoms with van der Waals surface area (Å²) in [5.74, 6) is -0.838. The number of pyridine rings is 2. The number of fused-ring (bicyclic) bond motifs is 1. The molecular weight excluding hydrogens is 366 g/mol. The van der Waals surface area contributed by atoms with Gasteiger partial charge in [0.2, 0.25) is 5.43 Å². The molecule has 0 radical (unpaired) electrons. The molecule has 7 heteroatoms. The molecule has 0 saturated carbocycles. The fourth-order valence-electron chi connectivity index (χ4n) is 3.01. The number of aromatic nitrogens is 2. The Bertz CT molecular complexity index is 1060. The van der Waals surface area contributed by atoms with E-state index in [9.17, 15) is 14.7 Å². The second kappa shape index (κ2) is 7.40. The molecule has 0 bridgehead atoms. The van der Waals surface area contributed by atoms with Crippen molar-refractivity contribution in [1.29, 1.82) is 0 Å². The molecule has 0 amide bonds. The highest BCUT2D eigenvalue weighted by atomic mass is 35.5. The fourth-order valence-corrected chi connectivity index (χ4v) is 3.30. The van der Waals surface area contributed by atoms with Crippen LogP contribution in [0.3, 0.4) is 0 Å². The maximum Gasteiger partial charge on any atom is 0.341 e. The van der Waals surface area contributed by atoms with E-state index in [2.05, 4.69) is 4.98 Å². The number of hydrogen-bond acceptors (Lipinski definition) is 4. The summed E-state index contributed by atoms with van der Waals surface area (Å²) in [7, 11) is 1.83. The number of benzene rings is 1. The monoisotopic (exact) mass is 385 g/mol. The summed E-state index contributed by atoms with van der Waals surface area (Å²) in [5.41, 5.74) is 0.768. The van der Waals surface area contributed by atoms with E-state index in [1.54, 1.807) is 10.6 Å². The Morgan fingerprint density at radius 2 is 1.96 bits per heavy atom. The molecule has 1 aromatic carbocycles. The van der Waals surface area contributed by atoms with Gasteiger partial charge in [0.05, 0.1) is 10.5 Å². The van der Waals surface area contributed by atoms with Crippen molar-refractivity contribution in [2.45, 2.75) is 26.4 Å². The minimum Gasteiger partial charge on any atom is -0.477 e. The molecule has 27 heavy (non-hydrogen) atoms. The molecule has 0 fully saturated rings. The van der Waals surface area contributed by atoms with Crippen LogP contribution < -0.4 is 10.3 Å². The largest absolute Gasteiger partial charge is 0.477 e. The topological polar surface area (TPSA) is 75.4 Å². The van der Waals surface area contributed by atoms with Crippen molar-refractivity contribution in [3.05, 3.63) is 69.0 Å². The molecule has 0 spiro atoms. The number of carboxylic acid groups (broad SMARTS) is 1. The van der Waals surface area contributed by atoms with Crippen LogP contribution in [0.4, 0.5) is 5.82 Å². The average Bonchev–Trinajstić information content (AvgIpc) is 2.61. The third-order valence-electron chi connectivity index (χ3n) is 4.35. The summed E-state index contributed by atoms with van der Waals surface area (Å²) in [4.78, 5) is 30.5. The van der Waals surface area contributed by atoms with Crippen molar-refractivity contribution >= 4 is 34.4 Å². The number of carboxylic acids is 1. The van der Waals surface area contributed by atoms with Gasteiger partial charge in [-0.3, -0.25) is 4.79 Å². The normalized spacial score (nSPS) is 11.1. The molecule has 6 nitrogen and oxygen atoms in total. The number of halogens is 1. The summed E-state index contributed by atoms with van der Waals surface area (Å²) in [6.07, 6.45) is 1.35. The van der Waals surface area contributed by atoms with E-state index >= 15 is 0 Å². The molecule has 3 rings (SSSR count). The molecule has 2 aromatic heterocycles. The van der Waals surface area contributed by atoms with Crippen LogP contribution in [0.5, 0.6) is 0 Å². The average molecular weight is 386 g/mol. The zero-order valence-electron chi connectivity index (χ0n) is 15.3. The van der Waals surface area contributed by atoms with E-state index in [1.807, 2.05) is 56.1 Å². The second-order valence-electron chi connectivity index (χ2n) is 6.68. The fraction of sp³-hybridized carbons (Fsp3) is 0.250. The van der Waals surface area contributed by atoms with Crippen LogP contribution in [0.1, 0.15) is 35.8 Å². The Hall–Kier alpha value is -2.86. The van der Waals surface area contributed by atoms with E-state index in [4.69, 9.17) is 11.6 Å². The third-order valence-corrected chi connectivity index (χ3v) is 4.63. The van der Waals surface area contributed by atoms with Crippen molar-refractivity contribution in [3.8, 4) is 0 Å². The van der Waals surface area contributed by atoms with Crippen LogP contribution >= 0.6 is 11.6 Å². The van der Waals surface area contributed by atoms with Gasteiger partial charge in [0.1, 0.15) is 16.9 Å². The Kier molecular flexibility index (Phi) is 5.19. The lowest BCUT2D eigenvalue weighted by molar-refractivity contribution is 0.0694. The molecular formula is C20H20ClN3O3. The number of anilines is 1. The lowest BCUT2D eigenvalue weighted by Crippen LogP contribution is -2.23. The van der Waals surface area contributed by atoms with Crippen LogP contribution in [0.2, 0.25) is 5.02 Å². The van der Waals surface area contributed by atoms with E-state index in [-0.39, 0.29) is 17.1 Å². The highest BCUT2D eigenvalue weighted by molar-refractivity contribution is 6.33. The van der Waals surface area contributed by atoms with Crippen molar-refractivity contribution in [1.82, 2.24) is 9.55 Å². The summed E-state index contributed by atoms with van der Waals surface area (Å²) in [6, 6.07) is 11.4. The minimum absolute atomic E-state index is 0.0584. The zero-order valence-corrected chi connectivity index (χ0v) is 16.1. The first-order valence-electron chi connectivity index (χ1n) is 8.53. The van der Waals surface area contributed by atoms with E-state index in [1.165, 1.54) is 6.20 Å². The smallest absolute Gasteiger partial charge is 0.341 e. The van der Waals surface area contributed by atoms with Crippen LogP contribution in [-0.2, 0) is 6.54 Å². The number of nitrogens with zero attached hydrogens (tertiary/aromatic N) is 3. The molecule has 1 N–H and O–H groups in total. The SMILES string of the molecule is CC(C)n1cc(C(=O)O)c(=O)c2nc(N(C)Cc3ccccc3)c(Cl)cc21. The van der Waals surface area contributed by atoms with Gasteiger partial charge in [-0.1, -0.05) is 41.9 Å². The molecule has 2 heterocycles. The lowest BCUT2D eigenvalue weighted by Gasteiger charge is -2.22. The minimum atomic E-state index is -1.27. The van der Waals surface area contributed by atoms with Gasteiger partial charge >= 0.3 is 5.97 Å². The Morgan fingerprint density at radius 1 is 1.30 bits per heavy atom. The van der Waals surface area contributed by atoms with Crippen molar-refractivity contribution in [2.75, 3.05) is 11.9 Å². The molecule has 0 atom stereocenters. The number of aromatic carboxylic acids is 1. The van der Waals surface area contributed by atoms with Crippen LogP contribution in [0, 0.1) is 0 Å². The number of rotatable bonds is 5. The highest BCUT2D eigenvalue weighted by Crippen LogP contribution is 2.28. The van der Waals surface area contributed by atoms with Crippen LogP contribution in [-0.4, -0.2) is 27.7 Å². The second-order valence-corrected chi connectivity index (χ2v) is 7.09. The third kappa shape index (κ3) is 3.66. The summed E-state index contributed by atoms with van der Waals surface area (Å²) in [5, 5.41) is 9.78. The molecule has 0 aliphatic rings. The van der Waals surface area contributed by atoms with E-state index < -0.39 is 11.4 Å². The first-order chi connectivity index (χ1) is 12.8. The highest BCUT2D eigenvalue weighted by Gasteiger charge is 2.20. The Balaban J connectivity index is 2.18. The van der Waals surface area contributed by atoms with Gasteiger partial charge in [0.25, 0.3) is 0 Å². The summed E-state index contributed by atoms with van der Waals surface area (Å²) < 4.78 is 1.71. The van der Waals surface area contributed by atoms with Gasteiger partial charge in [-0.2, -0.15) is 0 Å². The molecule has 0 unspecified atom stereocenters. The molecule has 140 valence electrons. The maximum atomic E-state index is 12.7. The number of hydrogen-bond donors (Lipinski definition) is 1. The van der Waals surface area contributed by atoms with Gasteiger partial charge in [-0.05, 0) is 25.5 Å².